The van der Waals surface area contributed by atoms with E-state index in [1.165, 1.54) is 6.20 Å². The molecule has 0 radical (unpaired) electrons. The van der Waals surface area contributed by atoms with Gasteiger partial charge in [0.05, 0.1) is 27.7 Å². The third kappa shape index (κ3) is 5.21. The first-order valence-electron chi connectivity index (χ1n) is 11.9. The van der Waals surface area contributed by atoms with Gasteiger partial charge in [0.25, 0.3) is 5.56 Å². The molecule has 38 heavy (non-hydrogen) atoms. The van der Waals surface area contributed by atoms with Crippen LogP contribution in [0.1, 0.15) is 48.5 Å². The van der Waals surface area contributed by atoms with Gasteiger partial charge in [-0.15, -0.1) is 0 Å². The van der Waals surface area contributed by atoms with E-state index in [2.05, 4.69) is 30.9 Å². The van der Waals surface area contributed by atoms with Crippen molar-refractivity contribution in [1.82, 2.24) is 24.5 Å². The Morgan fingerprint density at radius 3 is 2.66 bits per heavy atom. The molecule has 5 rings (SSSR count). The van der Waals surface area contributed by atoms with E-state index < -0.39 is 11.4 Å². The third-order valence-electron chi connectivity index (χ3n) is 6.54. The molecule has 4 aromatic heterocycles. The largest absolute Gasteiger partial charge is 0.486 e. The summed E-state index contributed by atoms with van der Waals surface area (Å²) in [5.41, 5.74) is 2.31. The highest BCUT2D eigenvalue weighted by Gasteiger charge is 2.40. The first kappa shape index (κ1) is 26.4. The van der Waals surface area contributed by atoms with Gasteiger partial charge in [0.1, 0.15) is 34.2 Å². The fourth-order valence-corrected chi connectivity index (χ4v) is 5.12. The molecule has 1 aliphatic rings. The predicted molar refractivity (Wildman–Crippen MR) is 144 cm³/mol. The van der Waals surface area contributed by atoms with Crippen LogP contribution in [0.25, 0.3) is 17.1 Å². The van der Waals surface area contributed by atoms with E-state index in [1.807, 2.05) is 19.9 Å². The topological polar surface area (TPSA) is 103 Å². The van der Waals surface area contributed by atoms with Crippen LogP contribution in [-0.4, -0.2) is 35.2 Å². The normalized spacial score (nSPS) is 18.8. The van der Waals surface area contributed by atoms with Crippen LogP contribution in [0.3, 0.4) is 0 Å². The van der Waals surface area contributed by atoms with Crippen molar-refractivity contribution in [2.45, 2.75) is 51.7 Å². The van der Waals surface area contributed by atoms with Crippen molar-refractivity contribution in [2.24, 2.45) is 0 Å². The molecule has 0 amide bonds. The van der Waals surface area contributed by atoms with Crippen molar-refractivity contribution in [3.8, 4) is 22.8 Å². The molecule has 196 valence electrons. The lowest BCUT2D eigenvalue weighted by atomic mass is 9.72. The van der Waals surface area contributed by atoms with Gasteiger partial charge in [0, 0.05) is 36.3 Å². The summed E-state index contributed by atoms with van der Waals surface area (Å²) in [7, 11) is 0. The quantitative estimate of drug-likeness (QED) is 0.313. The molecular formula is C27H24BrClFN5O3. The maximum absolute atomic E-state index is 14.1. The van der Waals surface area contributed by atoms with Gasteiger partial charge >= 0.3 is 0 Å². The molecule has 4 aromatic rings. The van der Waals surface area contributed by atoms with Crippen LogP contribution < -0.4 is 10.3 Å². The molecule has 1 aliphatic carbocycles. The van der Waals surface area contributed by atoms with E-state index in [0.717, 1.165) is 11.6 Å². The van der Waals surface area contributed by atoms with Crippen LogP contribution in [0.4, 0.5) is 4.39 Å². The van der Waals surface area contributed by atoms with Crippen molar-refractivity contribution < 1.29 is 14.2 Å². The number of rotatable bonds is 6. The lowest BCUT2D eigenvalue weighted by Crippen LogP contribution is -2.39. The lowest BCUT2D eigenvalue weighted by Gasteiger charge is -2.39. The summed E-state index contributed by atoms with van der Waals surface area (Å²) in [4.78, 5) is 31.0. The van der Waals surface area contributed by atoms with Crippen LogP contribution in [0.2, 0.25) is 5.02 Å². The minimum absolute atomic E-state index is 0.0764. The molecule has 11 heteroatoms. The summed E-state index contributed by atoms with van der Waals surface area (Å²) in [5.74, 6) is 0.444. The van der Waals surface area contributed by atoms with Crippen LogP contribution in [0.5, 0.6) is 5.75 Å². The lowest BCUT2D eigenvalue weighted by molar-refractivity contribution is -0.0334. The summed E-state index contributed by atoms with van der Waals surface area (Å²) in [6.45, 7) is 5.29. The molecule has 0 aliphatic heterocycles. The molecule has 1 fully saturated rings. The summed E-state index contributed by atoms with van der Waals surface area (Å²) >= 11 is 9.12. The summed E-state index contributed by atoms with van der Waals surface area (Å²) in [6, 6.07) is 6.44. The Morgan fingerprint density at radius 2 is 1.95 bits per heavy atom. The average molecular weight is 601 g/mol. The van der Waals surface area contributed by atoms with Crippen molar-refractivity contribution in [3.63, 3.8) is 0 Å². The monoisotopic (exact) mass is 599 g/mol. The second-order valence-electron chi connectivity index (χ2n) is 9.73. The Balaban J connectivity index is 1.46. The van der Waals surface area contributed by atoms with Crippen molar-refractivity contribution in [2.75, 3.05) is 0 Å². The number of hydrogen-bond donors (Lipinski definition) is 1. The Hall–Kier alpha value is -3.21. The van der Waals surface area contributed by atoms with E-state index >= 15 is 0 Å². The third-order valence-corrected chi connectivity index (χ3v) is 7.47. The summed E-state index contributed by atoms with van der Waals surface area (Å²) in [5, 5.41) is 10.3. The molecule has 1 N–H and O–H groups in total. The second kappa shape index (κ2) is 10.2. The van der Waals surface area contributed by atoms with Gasteiger partial charge in [-0.2, -0.15) is 0 Å². The molecule has 0 atom stereocenters. The number of aromatic nitrogens is 5. The first-order valence-corrected chi connectivity index (χ1v) is 13.1. The minimum atomic E-state index is -0.680. The van der Waals surface area contributed by atoms with E-state index in [9.17, 15) is 14.3 Å². The standard InChI is InChI=1S/C27H24BrClFN5O3/c1-14-11-32-20(19-4-5-31-25(34-19)16-9-27(3,37)10-16)8-22(14)35-15(2)6-23(24(28)26(35)36)38-13-21-18(30)7-17(29)12-33-21/h4-8,11-12,16,37H,9-10,13H2,1-3H3. The Morgan fingerprint density at radius 1 is 1.18 bits per heavy atom. The number of ether oxygens (including phenoxy) is 1. The van der Waals surface area contributed by atoms with Gasteiger partial charge in [-0.1, -0.05) is 11.6 Å². The van der Waals surface area contributed by atoms with Crippen LogP contribution in [-0.2, 0) is 6.61 Å². The molecule has 0 unspecified atom stereocenters. The van der Waals surface area contributed by atoms with Gasteiger partial charge in [-0.05, 0) is 73.3 Å². The highest BCUT2D eigenvalue weighted by molar-refractivity contribution is 9.10. The smallest absolute Gasteiger partial charge is 0.273 e. The van der Waals surface area contributed by atoms with E-state index in [-0.39, 0.29) is 39.0 Å². The van der Waals surface area contributed by atoms with Gasteiger partial charge < -0.3 is 9.84 Å². The van der Waals surface area contributed by atoms with E-state index in [0.29, 0.717) is 41.4 Å². The second-order valence-corrected chi connectivity index (χ2v) is 11.0. The van der Waals surface area contributed by atoms with Gasteiger partial charge in [-0.3, -0.25) is 19.3 Å². The van der Waals surface area contributed by atoms with Crippen molar-refractivity contribution in [1.29, 1.82) is 0 Å². The van der Waals surface area contributed by atoms with Gasteiger partial charge in [0.2, 0.25) is 0 Å². The van der Waals surface area contributed by atoms with Crippen molar-refractivity contribution >= 4 is 27.5 Å². The van der Waals surface area contributed by atoms with Crippen molar-refractivity contribution in [3.05, 3.63) is 91.3 Å². The fraction of sp³-hybridized carbons (Fsp3) is 0.296. The van der Waals surface area contributed by atoms with E-state index in [4.69, 9.17) is 21.3 Å². The Bertz CT molecular complexity index is 1600. The average Bonchev–Trinajstić information content (AvgIpc) is 2.86. The highest BCUT2D eigenvalue weighted by atomic mass is 79.9. The molecular weight excluding hydrogens is 577 g/mol. The summed E-state index contributed by atoms with van der Waals surface area (Å²) in [6.07, 6.45) is 5.94. The molecule has 0 aromatic carbocycles. The molecule has 4 heterocycles. The number of halogens is 3. The number of pyridine rings is 3. The Kier molecular flexibility index (Phi) is 7.06. The SMILES string of the molecule is Cc1cnc(-c2ccnc(C3CC(C)(O)C3)n2)cc1-n1c(C)cc(OCc2ncc(Cl)cc2F)c(Br)c1=O. The number of aryl methyl sites for hydroxylation is 2. The number of nitrogens with zero attached hydrogens (tertiary/aromatic N) is 5. The number of hydrogen-bond acceptors (Lipinski definition) is 7. The molecule has 0 bridgehead atoms. The summed E-state index contributed by atoms with van der Waals surface area (Å²) < 4.78 is 21.6. The minimum Gasteiger partial charge on any atom is -0.486 e. The predicted octanol–water partition coefficient (Wildman–Crippen LogP) is 5.46. The van der Waals surface area contributed by atoms with Crippen LogP contribution in [0, 0.1) is 19.7 Å². The van der Waals surface area contributed by atoms with E-state index in [1.54, 1.807) is 36.0 Å². The zero-order valence-electron chi connectivity index (χ0n) is 20.9. The zero-order chi connectivity index (χ0) is 27.2. The van der Waals surface area contributed by atoms with Gasteiger partial charge in [0.15, 0.2) is 0 Å². The highest BCUT2D eigenvalue weighted by Crippen LogP contribution is 2.43. The Labute approximate surface area is 231 Å². The van der Waals surface area contributed by atoms with Gasteiger partial charge in [-0.25, -0.2) is 14.4 Å². The molecule has 1 saturated carbocycles. The first-order chi connectivity index (χ1) is 18.0. The molecule has 0 saturated heterocycles. The maximum Gasteiger partial charge on any atom is 0.273 e. The van der Waals surface area contributed by atoms with Crippen LogP contribution >= 0.6 is 27.5 Å². The number of aliphatic hydroxyl groups is 1. The van der Waals surface area contributed by atoms with Crippen LogP contribution in [0.15, 0.2) is 52.1 Å². The molecule has 8 nitrogen and oxygen atoms in total. The maximum atomic E-state index is 14.1. The molecule has 0 spiro atoms. The fourth-order valence-electron chi connectivity index (χ4n) is 4.57. The zero-order valence-corrected chi connectivity index (χ0v) is 23.2.